The molecule has 1 aliphatic rings. The molecule has 0 bridgehead atoms. The number of rotatable bonds is 6. The third kappa shape index (κ3) is 4.83. The summed E-state index contributed by atoms with van der Waals surface area (Å²) < 4.78 is 1.75. The van der Waals surface area contributed by atoms with Crippen molar-refractivity contribution in [3.63, 3.8) is 0 Å². The fourth-order valence-corrected chi connectivity index (χ4v) is 4.14. The van der Waals surface area contributed by atoms with E-state index in [1.807, 2.05) is 37.6 Å². The molecule has 0 aliphatic heterocycles. The second kappa shape index (κ2) is 8.47. The Kier molecular flexibility index (Phi) is 5.60. The first-order valence-electron chi connectivity index (χ1n) is 10.1. The molecular formula is C23H26N4O2. The van der Waals surface area contributed by atoms with Gasteiger partial charge in [0.15, 0.2) is 5.82 Å². The SMILES string of the molecule is Cn1ccc(Nc2ccc(-c3ccc(C4CCC(CC(=O)O)CC4)cc3)nc2)n1. The summed E-state index contributed by atoms with van der Waals surface area (Å²) in [4.78, 5) is 15.5. The molecule has 0 saturated heterocycles. The van der Waals surface area contributed by atoms with Crippen LogP contribution in [-0.2, 0) is 11.8 Å². The van der Waals surface area contributed by atoms with Gasteiger partial charge >= 0.3 is 5.97 Å². The zero-order valence-electron chi connectivity index (χ0n) is 16.6. The third-order valence-corrected chi connectivity index (χ3v) is 5.74. The van der Waals surface area contributed by atoms with Crippen molar-refractivity contribution >= 4 is 17.5 Å². The predicted molar refractivity (Wildman–Crippen MR) is 113 cm³/mol. The van der Waals surface area contributed by atoms with Gasteiger partial charge in [0.25, 0.3) is 0 Å². The summed E-state index contributed by atoms with van der Waals surface area (Å²) in [6.07, 6.45) is 8.18. The molecule has 150 valence electrons. The number of nitrogens with one attached hydrogen (secondary N) is 1. The van der Waals surface area contributed by atoms with Crippen molar-refractivity contribution in [2.45, 2.75) is 38.0 Å². The van der Waals surface area contributed by atoms with Gasteiger partial charge < -0.3 is 10.4 Å². The molecule has 0 atom stereocenters. The maximum Gasteiger partial charge on any atom is 0.303 e. The number of anilines is 2. The number of pyridine rings is 1. The van der Waals surface area contributed by atoms with Crippen LogP contribution in [0.25, 0.3) is 11.3 Å². The van der Waals surface area contributed by atoms with E-state index in [9.17, 15) is 4.79 Å². The van der Waals surface area contributed by atoms with Crippen LogP contribution in [-0.4, -0.2) is 25.8 Å². The summed E-state index contributed by atoms with van der Waals surface area (Å²) in [6.45, 7) is 0. The van der Waals surface area contributed by atoms with Gasteiger partial charge in [0.05, 0.1) is 17.6 Å². The Morgan fingerprint density at radius 1 is 1.10 bits per heavy atom. The monoisotopic (exact) mass is 390 g/mol. The lowest BCUT2D eigenvalue weighted by Crippen LogP contribution is -2.16. The minimum atomic E-state index is -0.674. The second-order valence-electron chi connectivity index (χ2n) is 7.87. The van der Waals surface area contributed by atoms with Crippen LogP contribution in [0.4, 0.5) is 11.5 Å². The number of aromatic nitrogens is 3. The van der Waals surface area contributed by atoms with Crippen LogP contribution in [0.15, 0.2) is 54.9 Å². The molecule has 6 nitrogen and oxygen atoms in total. The summed E-state index contributed by atoms with van der Waals surface area (Å²) in [5.74, 6) is 0.994. The minimum Gasteiger partial charge on any atom is -0.481 e. The highest BCUT2D eigenvalue weighted by atomic mass is 16.4. The minimum absolute atomic E-state index is 0.308. The van der Waals surface area contributed by atoms with Crippen LogP contribution in [0, 0.1) is 5.92 Å². The number of aliphatic carboxylic acids is 1. The lowest BCUT2D eigenvalue weighted by Gasteiger charge is -2.28. The molecule has 0 spiro atoms. The Morgan fingerprint density at radius 3 is 2.45 bits per heavy atom. The Bertz CT molecular complexity index is 955. The molecule has 1 fully saturated rings. The lowest BCUT2D eigenvalue weighted by atomic mass is 9.77. The lowest BCUT2D eigenvalue weighted by molar-refractivity contribution is -0.138. The molecule has 0 radical (unpaired) electrons. The molecule has 4 rings (SSSR count). The molecule has 1 saturated carbocycles. The van der Waals surface area contributed by atoms with Crippen molar-refractivity contribution in [2.24, 2.45) is 13.0 Å². The quantitative estimate of drug-likeness (QED) is 0.621. The van der Waals surface area contributed by atoms with E-state index in [0.717, 1.165) is 48.4 Å². The molecule has 2 aromatic heterocycles. The van der Waals surface area contributed by atoms with Gasteiger partial charge in [0.1, 0.15) is 0 Å². The average Bonchev–Trinajstić information content (AvgIpc) is 3.13. The molecule has 1 aliphatic carbocycles. The number of benzene rings is 1. The molecule has 6 heteroatoms. The molecule has 0 amide bonds. The van der Waals surface area contributed by atoms with Gasteiger partial charge in [-0.15, -0.1) is 0 Å². The van der Waals surface area contributed by atoms with E-state index in [0.29, 0.717) is 18.3 Å². The van der Waals surface area contributed by atoms with Gasteiger partial charge in [-0.25, -0.2) is 0 Å². The Balaban J connectivity index is 1.37. The number of hydrogen-bond donors (Lipinski definition) is 2. The van der Waals surface area contributed by atoms with E-state index < -0.39 is 5.97 Å². The number of carboxylic acids is 1. The first-order chi connectivity index (χ1) is 14.1. The van der Waals surface area contributed by atoms with Gasteiger partial charge in [0.2, 0.25) is 0 Å². The largest absolute Gasteiger partial charge is 0.481 e. The topological polar surface area (TPSA) is 80.0 Å². The smallest absolute Gasteiger partial charge is 0.303 e. The molecular weight excluding hydrogens is 364 g/mol. The molecule has 29 heavy (non-hydrogen) atoms. The van der Waals surface area contributed by atoms with Crippen LogP contribution >= 0.6 is 0 Å². The van der Waals surface area contributed by atoms with Crippen LogP contribution in [0.2, 0.25) is 0 Å². The van der Waals surface area contributed by atoms with E-state index in [1.54, 1.807) is 4.68 Å². The van der Waals surface area contributed by atoms with Crippen molar-refractivity contribution in [2.75, 3.05) is 5.32 Å². The zero-order valence-corrected chi connectivity index (χ0v) is 16.6. The van der Waals surface area contributed by atoms with Crippen molar-refractivity contribution in [1.82, 2.24) is 14.8 Å². The summed E-state index contributed by atoms with van der Waals surface area (Å²) in [6, 6.07) is 14.6. The normalized spacial score (nSPS) is 19.1. The first-order valence-corrected chi connectivity index (χ1v) is 10.1. The number of carboxylic acid groups (broad SMARTS) is 1. The summed E-state index contributed by atoms with van der Waals surface area (Å²) in [7, 11) is 1.89. The Morgan fingerprint density at radius 2 is 1.86 bits per heavy atom. The van der Waals surface area contributed by atoms with Gasteiger partial charge in [-0.1, -0.05) is 24.3 Å². The highest BCUT2D eigenvalue weighted by molar-refractivity contribution is 5.67. The van der Waals surface area contributed by atoms with Gasteiger partial charge in [-0.2, -0.15) is 5.10 Å². The van der Waals surface area contributed by atoms with Crippen LogP contribution in [0.5, 0.6) is 0 Å². The molecule has 1 aromatic carbocycles. The predicted octanol–water partition coefficient (Wildman–Crippen LogP) is 4.97. The molecule has 0 unspecified atom stereocenters. The maximum absolute atomic E-state index is 10.9. The molecule has 2 heterocycles. The van der Waals surface area contributed by atoms with Gasteiger partial charge in [0, 0.05) is 31.3 Å². The van der Waals surface area contributed by atoms with E-state index >= 15 is 0 Å². The van der Waals surface area contributed by atoms with Crippen LogP contribution < -0.4 is 5.32 Å². The maximum atomic E-state index is 10.9. The highest BCUT2D eigenvalue weighted by Gasteiger charge is 2.23. The standard InChI is InChI=1S/C23H26N4O2/c1-27-13-12-22(26-27)25-20-10-11-21(24-15-20)19-8-6-18(7-9-19)17-4-2-16(3-5-17)14-23(28)29/h6-13,15-17H,2-5,14H2,1H3,(H,25,26)(H,28,29). The number of hydrogen-bond acceptors (Lipinski definition) is 4. The van der Waals surface area contributed by atoms with Crippen molar-refractivity contribution in [3.05, 3.63) is 60.4 Å². The van der Waals surface area contributed by atoms with Crippen molar-refractivity contribution in [3.8, 4) is 11.3 Å². The second-order valence-corrected chi connectivity index (χ2v) is 7.87. The summed E-state index contributed by atoms with van der Waals surface area (Å²) in [5.41, 5.74) is 4.28. The van der Waals surface area contributed by atoms with Crippen LogP contribution in [0.1, 0.15) is 43.6 Å². The van der Waals surface area contributed by atoms with Gasteiger partial charge in [-0.3, -0.25) is 14.5 Å². The summed E-state index contributed by atoms with van der Waals surface area (Å²) >= 11 is 0. The average molecular weight is 390 g/mol. The van der Waals surface area contributed by atoms with Crippen molar-refractivity contribution in [1.29, 1.82) is 0 Å². The molecule has 2 N–H and O–H groups in total. The Labute approximate surface area is 170 Å². The van der Waals surface area contributed by atoms with Crippen molar-refractivity contribution < 1.29 is 9.90 Å². The van der Waals surface area contributed by atoms with Crippen LogP contribution in [0.3, 0.4) is 0 Å². The van der Waals surface area contributed by atoms with E-state index in [4.69, 9.17) is 5.11 Å². The fraction of sp³-hybridized carbons (Fsp3) is 0.348. The highest BCUT2D eigenvalue weighted by Crippen LogP contribution is 2.37. The van der Waals surface area contributed by atoms with E-state index in [-0.39, 0.29) is 0 Å². The fourth-order valence-electron chi connectivity index (χ4n) is 4.14. The van der Waals surface area contributed by atoms with Gasteiger partial charge in [-0.05, 0) is 55.2 Å². The van der Waals surface area contributed by atoms with E-state index in [2.05, 4.69) is 39.7 Å². The number of carbonyl (C=O) groups is 1. The Hall–Kier alpha value is -3.15. The third-order valence-electron chi connectivity index (χ3n) is 5.74. The summed E-state index contributed by atoms with van der Waals surface area (Å²) in [5, 5.41) is 16.5. The first kappa shape index (κ1) is 19.2. The zero-order chi connectivity index (χ0) is 20.2. The number of aryl methyl sites for hydroxylation is 1. The number of nitrogens with zero attached hydrogens (tertiary/aromatic N) is 3. The van der Waals surface area contributed by atoms with E-state index in [1.165, 1.54) is 5.56 Å². The molecule has 3 aromatic rings.